The Morgan fingerprint density at radius 2 is 2.04 bits per heavy atom. The molecule has 0 saturated heterocycles. The van der Waals surface area contributed by atoms with Gasteiger partial charge in [-0.3, -0.25) is 4.79 Å². The minimum absolute atomic E-state index is 0.0287. The number of nitrogens with zero attached hydrogens (tertiary/aromatic N) is 4. The summed E-state index contributed by atoms with van der Waals surface area (Å²) in [5.41, 5.74) is 0.727. The maximum atomic E-state index is 11.4. The molecule has 3 rings (SSSR count). The molecule has 0 aliphatic heterocycles. The molecule has 0 radical (unpaired) electrons. The Hall–Kier alpha value is -3.22. The van der Waals surface area contributed by atoms with Gasteiger partial charge < -0.3 is 10.1 Å². The van der Waals surface area contributed by atoms with Crippen LogP contribution in [0.25, 0.3) is 5.82 Å². The van der Waals surface area contributed by atoms with Crippen LogP contribution in [0.1, 0.15) is 19.2 Å². The van der Waals surface area contributed by atoms with E-state index < -0.39 is 0 Å². The van der Waals surface area contributed by atoms with Gasteiger partial charge in [-0.05, 0) is 37.3 Å². The number of carbonyl (C=O) groups excluding carboxylic acids is 1. The van der Waals surface area contributed by atoms with Crippen molar-refractivity contribution in [2.75, 3.05) is 5.32 Å². The molecule has 1 amide bonds. The molecule has 0 saturated carbocycles. The van der Waals surface area contributed by atoms with Gasteiger partial charge in [-0.15, -0.1) is 0 Å². The average molecular weight is 323 g/mol. The summed E-state index contributed by atoms with van der Waals surface area (Å²) in [6.45, 7) is 3.60. The Balaban J connectivity index is 1.77. The van der Waals surface area contributed by atoms with Crippen LogP contribution in [0.2, 0.25) is 0 Å². The van der Waals surface area contributed by atoms with Crippen molar-refractivity contribution in [1.29, 1.82) is 0 Å². The van der Waals surface area contributed by atoms with Crippen LogP contribution >= 0.6 is 0 Å². The second kappa shape index (κ2) is 6.91. The molecular formula is C17H17N5O2. The number of benzene rings is 1. The number of aromatic nitrogens is 4. The lowest BCUT2D eigenvalue weighted by Gasteiger charge is -2.09. The lowest BCUT2D eigenvalue weighted by Crippen LogP contribution is -2.09. The van der Waals surface area contributed by atoms with Gasteiger partial charge in [-0.25, -0.2) is 9.67 Å². The third kappa shape index (κ3) is 3.75. The van der Waals surface area contributed by atoms with E-state index in [4.69, 9.17) is 4.74 Å². The number of hydrogen-bond donors (Lipinski definition) is 1. The second-order valence-electron chi connectivity index (χ2n) is 5.09. The maximum absolute atomic E-state index is 11.4. The minimum atomic E-state index is -0.0287. The van der Waals surface area contributed by atoms with Crippen molar-refractivity contribution in [3.63, 3.8) is 0 Å². The first kappa shape index (κ1) is 15.7. The topological polar surface area (TPSA) is 81.9 Å². The van der Waals surface area contributed by atoms with Crippen molar-refractivity contribution in [2.45, 2.75) is 20.3 Å². The first-order valence-corrected chi connectivity index (χ1v) is 7.57. The third-order valence-electron chi connectivity index (χ3n) is 3.22. The molecule has 0 bridgehead atoms. The lowest BCUT2D eigenvalue weighted by atomic mass is 10.3. The molecule has 122 valence electrons. The zero-order valence-electron chi connectivity index (χ0n) is 13.4. The summed E-state index contributed by atoms with van der Waals surface area (Å²) in [4.78, 5) is 20.0. The first-order chi connectivity index (χ1) is 11.6. The molecule has 7 heteroatoms. The average Bonchev–Trinajstić information content (AvgIpc) is 3.10. The van der Waals surface area contributed by atoms with E-state index in [2.05, 4.69) is 20.4 Å². The highest BCUT2D eigenvalue weighted by Crippen LogP contribution is 2.23. The number of aryl methyl sites for hydroxylation is 1. The van der Waals surface area contributed by atoms with E-state index in [1.54, 1.807) is 61.3 Å². The molecule has 0 unspecified atom stereocenters. The molecule has 2 aromatic heterocycles. The second-order valence-corrected chi connectivity index (χ2v) is 5.09. The number of carbonyl (C=O) groups is 1. The number of anilines is 1. The van der Waals surface area contributed by atoms with Crippen LogP contribution in [-0.4, -0.2) is 25.7 Å². The van der Waals surface area contributed by atoms with Crippen LogP contribution in [0.5, 0.6) is 11.6 Å². The summed E-state index contributed by atoms with van der Waals surface area (Å²) in [7, 11) is 0. The van der Waals surface area contributed by atoms with Crippen molar-refractivity contribution >= 4 is 11.6 Å². The SMILES string of the molecule is CCC(=O)Nc1ccc(Oc2cc(-n3cccn3)nc(C)n2)cc1. The number of amides is 1. The van der Waals surface area contributed by atoms with E-state index >= 15 is 0 Å². The van der Waals surface area contributed by atoms with Gasteiger partial charge in [0.15, 0.2) is 5.82 Å². The van der Waals surface area contributed by atoms with Crippen molar-refractivity contribution in [3.8, 4) is 17.4 Å². The van der Waals surface area contributed by atoms with Gasteiger partial charge in [-0.2, -0.15) is 10.1 Å². The van der Waals surface area contributed by atoms with Crippen molar-refractivity contribution in [1.82, 2.24) is 19.7 Å². The van der Waals surface area contributed by atoms with Crippen molar-refractivity contribution in [2.24, 2.45) is 0 Å². The zero-order chi connectivity index (χ0) is 16.9. The summed E-state index contributed by atoms with van der Waals surface area (Å²) >= 11 is 0. The van der Waals surface area contributed by atoms with Crippen LogP contribution in [0.15, 0.2) is 48.8 Å². The molecule has 0 fully saturated rings. The molecule has 0 atom stereocenters. The summed E-state index contributed by atoms with van der Waals surface area (Å²) in [5, 5.41) is 6.94. The Bertz CT molecular complexity index is 829. The summed E-state index contributed by atoms with van der Waals surface area (Å²) in [6, 6.07) is 10.7. The van der Waals surface area contributed by atoms with E-state index in [1.165, 1.54) is 0 Å². The van der Waals surface area contributed by atoms with Gasteiger partial charge in [0.05, 0.1) is 0 Å². The first-order valence-electron chi connectivity index (χ1n) is 7.57. The van der Waals surface area contributed by atoms with Gasteiger partial charge in [0.25, 0.3) is 0 Å². The van der Waals surface area contributed by atoms with Crippen molar-refractivity contribution < 1.29 is 9.53 Å². The molecule has 1 aromatic carbocycles. The Kier molecular flexibility index (Phi) is 4.51. The molecule has 0 aliphatic carbocycles. The number of nitrogens with one attached hydrogen (secondary N) is 1. The Morgan fingerprint density at radius 1 is 1.25 bits per heavy atom. The van der Waals surface area contributed by atoms with E-state index in [-0.39, 0.29) is 5.91 Å². The van der Waals surface area contributed by atoms with E-state index in [0.717, 1.165) is 5.69 Å². The van der Waals surface area contributed by atoms with Crippen LogP contribution < -0.4 is 10.1 Å². The smallest absolute Gasteiger partial charge is 0.224 e. The fraction of sp³-hybridized carbons (Fsp3) is 0.176. The Labute approximate surface area is 139 Å². The van der Waals surface area contributed by atoms with Crippen LogP contribution in [-0.2, 0) is 4.79 Å². The van der Waals surface area contributed by atoms with Gasteiger partial charge in [0, 0.05) is 30.6 Å². The largest absolute Gasteiger partial charge is 0.439 e. The molecule has 1 N–H and O–H groups in total. The minimum Gasteiger partial charge on any atom is -0.439 e. The maximum Gasteiger partial charge on any atom is 0.224 e. The predicted molar refractivity (Wildman–Crippen MR) is 89.3 cm³/mol. The highest BCUT2D eigenvalue weighted by Gasteiger charge is 2.07. The number of ether oxygens (including phenoxy) is 1. The Morgan fingerprint density at radius 3 is 2.71 bits per heavy atom. The zero-order valence-corrected chi connectivity index (χ0v) is 13.4. The highest BCUT2D eigenvalue weighted by atomic mass is 16.5. The standard InChI is InChI=1S/C17H17N5O2/c1-3-16(23)21-13-5-7-14(8-6-13)24-17-11-15(19-12(2)20-17)22-10-4-9-18-22/h4-11H,3H2,1-2H3,(H,21,23). The molecule has 3 aromatic rings. The van der Waals surface area contributed by atoms with E-state index in [1.807, 2.05) is 6.07 Å². The van der Waals surface area contributed by atoms with Crippen LogP contribution in [0.4, 0.5) is 5.69 Å². The molecule has 0 spiro atoms. The molecule has 0 aliphatic rings. The normalized spacial score (nSPS) is 10.4. The summed E-state index contributed by atoms with van der Waals surface area (Å²) < 4.78 is 7.42. The fourth-order valence-corrected chi connectivity index (χ4v) is 2.08. The predicted octanol–water partition coefficient (Wildman–Crippen LogP) is 3.11. The molecule has 24 heavy (non-hydrogen) atoms. The molecular weight excluding hydrogens is 306 g/mol. The van der Waals surface area contributed by atoms with E-state index in [9.17, 15) is 4.79 Å². The summed E-state index contributed by atoms with van der Waals surface area (Å²) in [5.74, 6) is 2.24. The fourth-order valence-electron chi connectivity index (χ4n) is 2.08. The number of rotatable bonds is 5. The summed E-state index contributed by atoms with van der Waals surface area (Å²) in [6.07, 6.45) is 3.92. The monoisotopic (exact) mass is 323 g/mol. The molecule has 2 heterocycles. The highest BCUT2D eigenvalue weighted by molar-refractivity contribution is 5.90. The molecule has 7 nitrogen and oxygen atoms in total. The third-order valence-corrected chi connectivity index (χ3v) is 3.22. The van der Waals surface area contributed by atoms with Gasteiger partial charge in [0.2, 0.25) is 11.8 Å². The number of hydrogen-bond acceptors (Lipinski definition) is 5. The quantitative estimate of drug-likeness (QED) is 0.780. The van der Waals surface area contributed by atoms with Gasteiger partial charge in [0.1, 0.15) is 11.6 Å². The van der Waals surface area contributed by atoms with Gasteiger partial charge >= 0.3 is 0 Å². The lowest BCUT2D eigenvalue weighted by molar-refractivity contribution is -0.115. The van der Waals surface area contributed by atoms with Crippen LogP contribution in [0.3, 0.4) is 0 Å². The van der Waals surface area contributed by atoms with Crippen LogP contribution in [0, 0.1) is 6.92 Å². The van der Waals surface area contributed by atoms with Crippen molar-refractivity contribution in [3.05, 3.63) is 54.6 Å². The van der Waals surface area contributed by atoms with E-state index in [0.29, 0.717) is 29.7 Å². The van der Waals surface area contributed by atoms with Gasteiger partial charge in [-0.1, -0.05) is 6.92 Å².